The molecule has 0 unspecified atom stereocenters. The van der Waals surface area contributed by atoms with Gasteiger partial charge in [-0.25, -0.2) is 4.79 Å². The van der Waals surface area contributed by atoms with E-state index in [0.717, 1.165) is 44.4 Å². The van der Waals surface area contributed by atoms with E-state index >= 15 is 0 Å². The number of hydrogen-bond acceptors (Lipinski definition) is 4. The number of ether oxygens (including phenoxy) is 1. The van der Waals surface area contributed by atoms with E-state index in [-0.39, 0.29) is 5.63 Å². The van der Waals surface area contributed by atoms with Crippen molar-refractivity contribution in [2.24, 2.45) is 0 Å². The zero-order chi connectivity index (χ0) is 16.8. The highest BCUT2D eigenvalue weighted by Crippen LogP contribution is 2.38. The van der Waals surface area contributed by atoms with Crippen LogP contribution in [0.5, 0.6) is 5.75 Å². The van der Waals surface area contributed by atoms with Crippen molar-refractivity contribution in [3.05, 3.63) is 64.2 Å². The van der Waals surface area contributed by atoms with Crippen LogP contribution in [0.2, 0.25) is 0 Å². The first-order chi connectivity index (χ1) is 11.6. The molecule has 0 bridgehead atoms. The fourth-order valence-corrected chi connectivity index (χ4v) is 3.23. The van der Waals surface area contributed by atoms with Crippen LogP contribution in [0.3, 0.4) is 0 Å². The average molecular weight is 320 g/mol. The molecule has 0 N–H and O–H groups in total. The summed E-state index contributed by atoms with van der Waals surface area (Å²) in [4.78, 5) is 11.6. The van der Waals surface area contributed by atoms with E-state index in [0.29, 0.717) is 5.58 Å². The Kier molecular flexibility index (Phi) is 3.20. The van der Waals surface area contributed by atoms with E-state index in [1.54, 1.807) is 13.4 Å². The van der Waals surface area contributed by atoms with Crippen LogP contribution < -0.4 is 10.4 Å². The van der Waals surface area contributed by atoms with Crippen molar-refractivity contribution in [2.75, 3.05) is 7.11 Å². The minimum atomic E-state index is -0.349. The van der Waals surface area contributed by atoms with Gasteiger partial charge in [-0.3, -0.25) is 0 Å². The Bertz CT molecular complexity index is 1130. The number of aryl methyl sites for hydroxylation is 2. The molecule has 0 amide bonds. The molecular weight excluding hydrogens is 304 g/mol. The van der Waals surface area contributed by atoms with Crippen LogP contribution in [0.15, 0.2) is 56.3 Å². The van der Waals surface area contributed by atoms with Gasteiger partial charge in [-0.15, -0.1) is 0 Å². The topological polar surface area (TPSA) is 52.6 Å². The predicted molar refractivity (Wildman–Crippen MR) is 93.7 cm³/mol. The Labute approximate surface area is 138 Å². The Morgan fingerprint density at radius 3 is 2.58 bits per heavy atom. The lowest BCUT2D eigenvalue weighted by molar-refractivity contribution is 0.415. The Morgan fingerprint density at radius 1 is 1.00 bits per heavy atom. The summed E-state index contributed by atoms with van der Waals surface area (Å²) in [5.41, 5.74) is 4.80. The summed E-state index contributed by atoms with van der Waals surface area (Å²) in [6, 6.07) is 11.2. The van der Waals surface area contributed by atoms with Gasteiger partial charge < -0.3 is 13.6 Å². The molecule has 0 aliphatic rings. The molecular formula is C20H16O4. The molecule has 0 fully saturated rings. The number of benzene rings is 2. The maximum Gasteiger partial charge on any atom is 0.336 e. The van der Waals surface area contributed by atoms with Crippen LogP contribution in [0.25, 0.3) is 33.1 Å². The lowest BCUT2D eigenvalue weighted by Gasteiger charge is -2.06. The van der Waals surface area contributed by atoms with Gasteiger partial charge in [0.25, 0.3) is 0 Å². The molecule has 120 valence electrons. The van der Waals surface area contributed by atoms with Crippen molar-refractivity contribution in [3.63, 3.8) is 0 Å². The van der Waals surface area contributed by atoms with Gasteiger partial charge in [-0.1, -0.05) is 12.1 Å². The van der Waals surface area contributed by atoms with Crippen LogP contribution in [0.1, 0.15) is 11.1 Å². The van der Waals surface area contributed by atoms with Gasteiger partial charge in [-0.05, 0) is 48.7 Å². The molecule has 0 radical (unpaired) electrons. The van der Waals surface area contributed by atoms with Crippen molar-refractivity contribution >= 4 is 21.9 Å². The molecule has 4 heteroatoms. The molecule has 4 rings (SSSR count). The zero-order valence-corrected chi connectivity index (χ0v) is 13.7. The van der Waals surface area contributed by atoms with Crippen LogP contribution in [-0.4, -0.2) is 7.11 Å². The minimum absolute atomic E-state index is 0.349. The smallest absolute Gasteiger partial charge is 0.336 e. The number of rotatable bonds is 2. The molecule has 2 aromatic heterocycles. The SMILES string of the molecule is COc1cccc(-c2coc3c2c(C)cc2oc(=O)cc(C)c23)c1. The van der Waals surface area contributed by atoms with Gasteiger partial charge in [0.05, 0.1) is 18.8 Å². The van der Waals surface area contributed by atoms with Gasteiger partial charge >= 0.3 is 5.63 Å². The van der Waals surface area contributed by atoms with Gasteiger partial charge in [0.2, 0.25) is 0 Å². The summed E-state index contributed by atoms with van der Waals surface area (Å²) >= 11 is 0. The van der Waals surface area contributed by atoms with Crippen LogP contribution in [-0.2, 0) is 0 Å². The second kappa shape index (κ2) is 5.27. The van der Waals surface area contributed by atoms with Crippen LogP contribution in [0, 0.1) is 13.8 Å². The maximum absolute atomic E-state index is 11.6. The number of furan rings is 1. The molecule has 2 heterocycles. The summed E-state index contributed by atoms with van der Waals surface area (Å²) in [5.74, 6) is 0.794. The molecule has 0 saturated heterocycles. The third-order valence-corrected chi connectivity index (χ3v) is 4.33. The highest BCUT2D eigenvalue weighted by Gasteiger charge is 2.17. The minimum Gasteiger partial charge on any atom is -0.497 e. The number of fused-ring (bicyclic) bond motifs is 3. The maximum atomic E-state index is 11.6. The summed E-state index contributed by atoms with van der Waals surface area (Å²) in [6.07, 6.45) is 1.75. The molecule has 2 aromatic carbocycles. The number of hydrogen-bond donors (Lipinski definition) is 0. The summed E-state index contributed by atoms with van der Waals surface area (Å²) in [7, 11) is 1.65. The molecule has 24 heavy (non-hydrogen) atoms. The van der Waals surface area contributed by atoms with E-state index in [1.807, 2.05) is 44.2 Å². The van der Waals surface area contributed by atoms with E-state index < -0.39 is 0 Å². The Balaban J connectivity index is 2.10. The molecule has 0 atom stereocenters. The third-order valence-electron chi connectivity index (χ3n) is 4.33. The molecule has 4 aromatic rings. The second-order valence-electron chi connectivity index (χ2n) is 5.90. The van der Waals surface area contributed by atoms with Crippen LogP contribution in [0.4, 0.5) is 0 Å². The van der Waals surface area contributed by atoms with Crippen molar-refractivity contribution in [1.29, 1.82) is 0 Å². The van der Waals surface area contributed by atoms with Crippen LogP contribution >= 0.6 is 0 Å². The summed E-state index contributed by atoms with van der Waals surface area (Å²) < 4.78 is 16.6. The Morgan fingerprint density at radius 2 is 1.79 bits per heavy atom. The normalized spacial score (nSPS) is 11.3. The van der Waals surface area contributed by atoms with E-state index in [1.165, 1.54) is 6.07 Å². The highest BCUT2D eigenvalue weighted by atomic mass is 16.5. The molecule has 4 nitrogen and oxygen atoms in total. The molecule has 0 spiro atoms. The standard InChI is InChI=1S/C20H16O4/c1-11-7-16-19(12(2)8-17(21)24-16)20-18(11)15(10-23-20)13-5-4-6-14(9-13)22-3/h4-10H,1-3H3. The Hall–Kier alpha value is -3.01. The first-order valence-corrected chi connectivity index (χ1v) is 7.68. The largest absolute Gasteiger partial charge is 0.497 e. The van der Waals surface area contributed by atoms with Crippen molar-refractivity contribution < 1.29 is 13.6 Å². The quantitative estimate of drug-likeness (QED) is 0.496. The van der Waals surface area contributed by atoms with Gasteiger partial charge in [0.15, 0.2) is 0 Å². The fraction of sp³-hybridized carbons (Fsp3) is 0.150. The molecule has 0 saturated carbocycles. The zero-order valence-electron chi connectivity index (χ0n) is 13.7. The van der Waals surface area contributed by atoms with E-state index in [4.69, 9.17) is 13.6 Å². The first kappa shape index (κ1) is 14.6. The number of methoxy groups -OCH3 is 1. The lowest BCUT2D eigenvalue weighted by Crippen LogP contribution is -1.98. The monoisotopic (exact) mass is 320 g/mol. The van der Waals surface area contributed by atoms with Crippen molar-refractivity contribution in [3.8, 4) is 16.9 Å². The van der Waals surface area contributed by atoms with Gasteiger partial charge in [0, 0.05) is 17.0 Å². The fourth-order valence-electron chi connectivity index (χ4n) is 3.23. The highest BCUT2D eigenvalue weighted by molar-refractivity contribution is 6.10. The van der Waals surface area contributed by atoms with Gasteiger partial charge in [-0.2, -0.15) is 0 Å². The molecule has 0 aliphatic carbocycles. The van der Waals surface area contributed by atoms with Gasteiger partial charge in [0.1, 0.15) is 16.9 Å². The molecule has 0 aliphatic heterocycles. The van der Waals surface area contributed by atoms with Crippen molar-refractivity contribution in [1.82, 2.24) is 0 Å². The van der Waals surface area contributed by atoms with E-state index in [2.05, 4.69) is 0 Å². The summed E-state index contributed by atoms with van der Waals surface area (Å²) in [5, 5.41) is 1.86. The first-order valence-electron chi connectivity index (χ1n) is 7.68. The van der Waals surface area contributed by atoms with Crippen molar-refractivity contribution in [2.45, 2.75) is 13.8 Å². The lowest BCUT2D eigenvalue weighted by atomic mass is 9.98. The van der Waals surface area contributed by atoms with E-state index in [9.17, 15) is 4.79 Å². The third kappa shape index (κ3) is 2.11. The second-order valence-corrected chi connectivity index (χ2v) is 5.90. The predicted octanol–water partition coefficient (Wildman–Crippen LogP) is 4.83. The average Bonchev–Trinajstić information content (AvgIpc) is 2.99. The summed E-state index contributed by atoms with van der Waals surface area (Å²) in [6.45, 7) is 3.88.